The maximum atomic E-state index is 12.3. The van der Waals surface area contributed by atoms with E-state index >= 15 is 0 Å². The van der Waals surface area contributed by atoms with Crippen LogP contribution in [-0.2, 0) is 10.1 Å². The van der Waals surface area contributed by atoms with Gasteiger partial charge in [0, 0.05) is 23.1 Å². The molecule has 2 aromatic heterocycles. The lowest BCUT2D eigenvalue weighted by Crippen LogP contribution is -2.46. The lowest BCUT2D eigenvalue weighted by molar-refractivity contribution is -0.835. The first-order chi connectivity index (χ1) is 10.1. The quantitative estimate of drug-likeness (QED) is 0.690. The summed E-state index contributed by atoms with van der Waals surface area (Å²) in [6.45, 7) is 1.89. The average Bonchev–Trinajstić information content (AvgIpc) is 2.48. The molecule has 0 aliphatic rings. The first-order valence-corrected chi connectivity index (χ1v) is 7.74. The summed E-state index contributed by atoms with van der Waals surface area (Å²) in [5, 5.41) is 0. The summed E-state index contributed by atoms with van der Waals surface area (Å²) in [5.74, 6) is 0. The Labute approximate surface area is 122 Å². The second kappa shape index (κ2) is 5.14. The number of benzene rings is 1. The van der Waals surface area contributed by atoms with Gasteiger partial charge in [0.05, 0.1) is 0 Å². The molecule has 0 amide bonds. The summed E-state index contributed by atoms with van der Waals surface area (Å²) in [7, 11) is -3.89. The van der Waals surface area contributed by atoms with Crippen LogP contribution < -0.4 is 9.01 Å². The van der Waals surface area contributed by atoms with Crippen LogP contribution in [-0.4, -0.2) is 13.4 Å². The molecule has 106 valence electrons. The highest BCUT2D eigenvalue weighted by Crippen LogP contribution is 2.11. The third kappa shape index (κ3) is 2.71. The number of rotatable bonds is 3. The summed E-state index contributed by atoms with van der Waals surface area (Å²) in [4.78, 5) is 4.27. The van der Waals surface area contributed by atoms with Crippen molar-refractivity contribution in [2.45, 2.75) is 11.8 Å². The Morgan fingerprint density at radius 1 is 1.05 bits per heavy atom. The maximum Gasteiger partial charge on any atom is 0.396 e. The molecule has 1 aromatic carbocycles. The van der Waals surface area contributed by atoms with Gasteiger partial charge in [-0.1, -0.05) is 17.7 Å². The van der Waals surface area contributed by atoms with E-state index in [9.17, 15) is 8.42 Å². The van der Waals surface area contributed by atoms with Crippen LogP contribution >= 0.6 is 0 Å². The van der Waals surface area contributed by atoms with E-state index in [0.29, 0.717) is 11.0 Å². The monoisotopic (exact) mass is 301 g/mol. The molecule has 0 saturated heterocycles. The predicted molar refractivity (Wildman–Crippen MR) is 76.9 cm³/mol. The standard InChI is InChI=1S/C15H13N2O3S/c1-12-6-8-13(9-7-12)21(18,19)20-17-11-3-4-14-15(17)5-2-10-16-14/h2-11H,1H3/q+1. The summed E-state index contributed by atoms with van der Waals surface area (Å²) >= 11 is 0. The van der Waals surface area contributed by atoms with E-state index in [4.69, 9.17) is 4.28 Å². The summed E-state index contributed by atoms with van der Waals surface area (Å²) in [6.07, 6.45) is 3.18. The Balaban J connectivity index is 2.03. The number of aryl methyl sites for hydroxylation is 1. The fraction of sp³-hybridized carbons (Fsp3) is 0.0667. The zero-order valence-electron chi connectivity index (χ0n) is 11.3. The predicted octanol–water partition coefficient (Wildman–Crippen LogP) is 1.65. The van der Waals surface area contributed by atoms with Gasteiger partial charge in [-0.25, -0.2) is 4.98 Å². The molecule has 3 rings (SSSR count). The smallest absolute Gasteiger partial charge is 0.250 e. The van der Waals surface area contributed by atoms with Crippen molar-refractivity contribution in [1.29, 1.82) is 0 Å². The van der Waals surface area contributed by atoms with Crippen LogP contribution in [0, 0.1) is 6.92 Å². The maximum absolute atomic E-state index is 12.3. The SMILES string of the molecule is Cc1ccc(S(=O)(=O)O[n+]2cccc3ncccc32)cc1. The minimum atomic E-state index is -3.89. The van der Waals surface area contributed by atoms with Gasteiger partial charge in [-0.15, -0.1) is 4.28 Å². The lowest BCUT2D eigenvalue weighted by atomic mass is 10.2. The van der Waals surface area contributed by atoms with E-state index in [1.165, 1.54) is 23.1 Å². The van der Waals surface area contributed by atoms with Crippen LogP contribution in [0.15, 0.2) is 65.8 Å². The van der Waals surface area contributed by atoms with E-state index in [1.54, 1.807) is 42.6 Å². The average molecular weight is 301 g/mol. The second-order valence-corrected chi connectivity index (χ2v) is 6.11. The van der Waals surface area contributed by atoms with Crippen LogP contribution in [0.5, 0.6) is 0 Å². The Morgan fingerprint density at radius 2 is 1.81 bits per heavy atom. The molecule has 0 N–H and O–H groups in total. The topological polar surface area (TPSA) is 60.1 Å². The molecule has 21 heavy (non-hydrogen) atoms. The minimum absolute atomic E-state index is 0.112. The van der Waals surface area contributed by atoms with Gasteiger partial charge in [-0.3, -0.25) is 0 Å². The normalized spacial score (nSPS) is 11.5. The highest BCUT2D eigenvalue weighted by Gasteiger charge is 2.23. The zero-order valence-corrected chi connectivity index (χ0v) is 12.1. The van der Waals surface area contributed by atoms with Crippen molar-refractivity contribution in [3.8, 4) is 0 Å². The number of aromatic nitrogens is 2. The Hall–Kier alpha value is -2.47. The van der Waals surface area contributed by atoms with Crippen molar-refractivity contribution in [2.24, 2.45) is 0 Å². The largest absolute Gasteiger partial charge is 0.396 e. The van der Waals surface area contributed by atoms with Gasteiger partial charge in [0.15, 0.2) is 0 Å². The molecule has 6 heteroatoms. The Bertz CT molecular complexity index is 885. The van der Waals surface area contributed by atoms with E-state index in [1.807, 2.05) is 6.92 Å². The molecule has 0 radical (unpaired) electrons. The van der Waals surface area contributed by atoms with E-state index < -0.39 is 10.1 Å². The van der Waals surface area contributed by atoms with E-state index in [0.717, 1.165) is 5.56 Å². The molecule has 0 bridgehead atoms. The van der Waals surface area contributed by atoms with Crippen molar-refractivity contribution in [3.05, 3.63) is 66.5 Å². The third-order valence-electron chi connectivity index (χ3n) is 3.02. The summed E-state index contributed by atoms with van der Waals surface area (Å²) in [6, 6.07) is 13.4. The van der Waals surface area contributed by atoms with Crippen molar-refractivity contribution >= 4 is 21.2 Å². The molecule has 2 heterocycles. The number of fused-ring (bicyclic) bond motifs is 1. The Morgan fingerprint density at radius 3 is 2.57 bits per heavy atom. The van der Waals surface area contributed by atoms with Gasteiger partial charge >= 0.3 is 10.1 Å². The fourth-order valence-corrected chi connectivity index (χ4v) is 2.83. The first kappa shape index (κ1) is 13.5. The molecule has 3 aromatic rings. The van der Waals surface area contributed by atoms with Gasteiger partial charge in [-0.2, -0.15) is 8.42 Å². The summed E-state index contributed by atoms with van der Waals surface area (Å²) in [5.41, 5.74) is 2.21. The van der Waals surface area contributed by atoms with Crippen LogP contribution in [0.3, 0.4) is 0 Å². The molecule has 0 saturated carbocycles. The Kier molecular flexibility index (Phi) is 3.31. The van der Waals surface area contributed by atoms with Crippen LogP contribution in [0.25, 0.3) is 11.0 Å². The number of hydrogen-bond donors (Lipinski definition) is 0. The summed E-state index contributed by atoms with van der Waals surface area (Å²) < 4.78 is 31.0. The number of hydrogen-bond acceptors (Lipinski definition) is 4. The van der Waals surface area contributed by atoms with Crippen molar-refractivity contribution < 1.29 is 17.4 Å². The molecule has 0 unspecified atom stereocenters. The van der Waals surface area contributed by atoms with Crippen LogP contribution in [0.1, 0.15) is 5.56 Å². The molecular weight excluding hydrogens is 288 g/mol. The highest BCUT2D eigenvalue weighted by atomic mass is 32.2. The molecule has 0 atom stereocenters. The molecule has 5 nitrogen and oxygen atoms in total. The molecule has 0 aliphatic heterocycles. The molecule has 0 spiro atoms. The van der Waals surface area contributed by atoms with Gasteiger partial charge < -0.3 is 0 Å². The van der Waals surface area contributed by atoms with Gasteiger partial charge in [0.25, 0.3) is 5.52 Å². The first-order valence-electron chi connectivity index (χ1n) is 6.33. The number of nitrogens with zero attached hydrogens (tertiary/aromatic N) is 2. The fourth-order valence-electron chi connectivity index (χ4n) is 1.94. The van der Waals surface area contributed by atoms with Gasteiger partial charge in [0.2, 0.25) is 6.20 Å². The minimum Gasteiger partial charge on any atom is -0.250 e. The van der Waals surface area contributed by atoms with Crippen molar-refractivity contribution in [3.63, 3.8) is 0 Å². The van der Waals surface area contributed by atoms with Crippen LogP contribution in [0.4, 0.5) is 0 Å². The van der Waals surface area contributed by atoms with E-state index in [2.05, 4.69) is 4.98 Å². The second-order valence-electron chi connectivity index (χ2n) is 4.58. The van der Waals surface area contributed by atoms with Gasteiger partial charge in [-0.05, 0) is 31.2 Å². The van der Waals surface area contributed by atoms with E-state index in [-0.39, 0.29) is 4.90 Å². The van der Waals surface area contributed by atoms with Gasteiger partial charge in [0.1, 0.15) is 10.4 Å². The zero-order chi connectivity index (χ0) is 14.9. The van der Waals surface area contributed by atoms with Crippen molar-refractivity contribution in [1.82, 2.24) is 4.98 Å². The molecule has 0 fully saturated rings. The molecule has 0 aliphatic carbocycles. The van der Waals surface area contributed by atoms with Crippen LogP contribution in [0.2, 0.25) is 0 Å². The highest BCUT2D eigenvalue weighted by molar-refractivity contribution is 7.86. The number of pyridine rings is 2. The third-order valence-corrected chi connectivity index (χ3v) is 4.22. The van der Waals surface area contributed by atoms with Crippen molar-refractivity contribution in [2.75, 3.05) is 0 Å². The lowest BCUT2D eigenvalue weighted by Gasteiger charge is -2.02. The molecular formula is C15H13N2O3S+.